The first kappa shape index (κ1) is 23.5. The second-order valence-corrected chi connectivity index (χ2v) is 11.7. The van der Waals surface area contributed by atoms with Gasteiger partial charge in [-0.3, -0.25) is 14.4 Å². The van der Waals surface area contributed by atoms with E-state index in [0.717, 1.165) is 4.90 Å². The molecule has 1 heterocycles. The molecule has 1 N–H and O–H groups in total. The Hall–Kier alpha value is -3.20. The number of rotatable bonds is 5. The average molecular weight is 529 g/mol. The third-order valence-electron chi connectivity index (χ3n) is 6.30. The van der Waals surface area contributed by atoms with E-state index in [1.807, 2.05) is 0 Å². The van der Waals surface area contributed by atoms with Crippen molar-refractivity contribution >= 4 is 62.1 Å². The van der Waals surface area contributed by atoms with Crippen LogP contribution in [0, 0.1) is 6.92 Å². The lowest BCUT2D eigenvalue weighted by atomic mass is 10.1. The van der Waals surface area contributed by atoms with Gasteiger partial charge >= 0.3 is 0 Å². The van der Waals surface area contributed by atoms with Crippen LogP contribution < -0.4 is 10.2 Å². The summed E-state index contributed by atoms with van der Waals surface area (Å²) < 4.78 is 24.8. The number of halogens is 2. The van der Waals surface area contributed by atoms with Crippen molar-refractivity contribution in [2.24, 2.45) is 0 Å². The average Bonchev–Trinajstić information content (AvgIpc) is 3.60. The van der Waals surface area contributed by atoms with Crippen molar-refractivity contribution in [3.8, 4) is 0 Å². The lowest BCUT2D eigenvalue weighted by molar-refractivity contribution is -0.116. The van der Waals surface area contributed by atoms with Gasteiger partial charge < -0.3 is 5.32 Å². The molecule has 0 unspecified atom stereocenters. The predicted octanol–water partition coefficient (Wildman–Crippen LogP) is 5.05. The first-order valence-corrected chi connectivity index (χ1v) is 12.9. The van der Waals surface area contributed by atoms with Gasteiger partial charge in [0, 0.05) is 15.7 Å². The number of anilines is 2. The van der Waals surface area contributed by atoms with Gasteiger partial charge in [-0.15, -0.1) is 0 Å². The second kappa shape index (κ2) is 8.19. The van der Waals surface area contributed by atoms with Crippen molar-refractivity contribution < 1.29 is 22.8 Å². The third-order valence-corrected chi connectivity index (χ3v) is 9.30. The summed E-state index contributed by atoms with van der Waals surface area (Å²) >= 11 is 11.8. The molecule has 0 aromatic heterocycles. The number of amides is 3. The molecule has 0 atom stereocenters. The summed E-state index contributed by atoms with van der Waals surface area (Å²) in [6.07, 6.45) is 0.414. The number of hydrogen-bond donors (Lipinski definition) is 1. The van der Waals surface area contributed by atoms with E-state index in [9.17, 15) is 22.8 Å². The molecule has 0 bridgehead atoms. The number of fused-ring (bicyclic) bond motifs is 1. The van der Waals surface area contributed by atoms with Crippen LogP contribution in [0.5, 0.6) is 0 Å². The Morgan fingerprint density at radius 3 is 2.14 bits per heavy atom. The third kappa shape index (κ3) is 3.73. The van der Waals surface area contributed by atoms with E-state index < -0.39 is 32.3 Å². The molecule has 3 aromatic rings. The number of carbonyl (C=O) groups is 3. The van der Waals surface area contributed by atoms with Crippen LogP contribution >= 0.6 is 23.2 Å². The largest absolute Gasteiger partial charge is 0.325 e. The summed E-state index contributed by atoms with van der Waals surface area (Å²) in [6, 6.07) is 14.9. The zero-order chi connectivity index (χ0) is 25.1. The molecule has 2 aliphatic rings. The Morgan fingerprint density at radius 1 is 0.886 bits per heavy atom. The molecule has 3 aromatic carbocycles. The molecular weight excluding hydrogens is 511 g/mol. The highest BCUT2D eigenvalue weighted by molar-refractivity contribution is 7.94. The summed E-state index contributed by atoms with van der Waals surface area (Å²) in [5.41, 5.74) is 1.75. The van der Waals surface area contributed by atoms with Gasteiger partial charge in [0.1, 0.15) is 0 Å². The Bertz CT molecular complexity index is 1530. The number of carbonyl (C=O) groups excluding carboxylic acids is 3. The summed E-state index contributed by atoms with van der Waals surface area (Å²) in [5, 5.41) is 3.44. The van der Waals surface area contributed by atoms with Crippen molar-refractivity contribution in [2.75, 3.05) is 10.2 Å². The van der Waals surface area contributed by atoms with Crippen LogP contribution in [0.3, 0.4) is 0 Å². The molecule has 1 aliphatic carbocycles. The number of imide groups is 1. The van der Waals surface area contributed by atoms with E-state index >= 15 is 0 Å². The van der Waals surface area contributed by atoms with Crippen LogP contribution in [-0.2, 0) is 14.6 Å². The van der Waals surface area contributed by atoms with Crippen LogP contribution in [-0.4, -0.2) is 30.9 Å². The van der Waals surface area contributed by atoms with E-state index in [0.29, 0.717) is 27.0 Å². The van der Waals surface area contributed by atoms with Crippen molar-refractivity contribution in [2.45, 2.75) is 29.4 Å². The molecule has 0 spiro atoms. The highest BCUT2D eigenvalue weighted by Crippen LogP contribution is 2.48. The molecule has 0 saturated heterocycles. The van der Waals surface area contributed by atoms with E-state index in [1.54, 1.807) is 25.1 Å². The Labute approximate surface area is 211 Å². The maximum absolute atomic E-state index is 13.2. The van der Waals surface area contributed by atoms with Crippen molar-refractivity contribution in [1.29, 1.82) is 0 Å². The van der Waals surface area contributed by atoms with E-state index in [2.05, 4.69) is 5.32 Å². The molecule has 1 fully saturated rings. The van der Waals surface area contributed by atoms with E-state index in [4.69, 9.17) is 23.2 Å². The summed E-state index contributed by atoms with van der Waals surface area (Å²) in [7, 11) is -3.92. The summed E-state index contributed by atoms with van der Waals surface area (Å²) in [4.78, 5) is 39.9. The molecule has 5 rings (SSSR count). The number of nitrogens with zero attached hydrogens (tertiary/aromatic N) is 1. The molecule has 178 valence electrons. The smallest absolute Gasteiger partial charge is 0.266 e. The Morgan fingerprint density at radius 2 is 1.51 bits per heavy atom. The standard InChI is InChI=1S/C25H18Cl2N2O5S/c1-14-12-17(5-9-21(14)29-22(30)19-8-4-16(27)13-20(19)23(29)31)28-24(32)25(10-11-25)35(33,34)18-6-2-15(26)3-7-18/h2-9,12-13H,10-11H2,1H3,(H,28,32). The van der Waals surface area contributed by atoms with Gasteiger partial charge in [0.15, 0.2) is 14.6 Å². The van der Waals surface area contributed by atoms with Gasteiger partial charge in [-0.25, -0.2) is 13.3 Å². The minimum atomic E-state index is -3.92. The summed E-state index contributed by atoms with van der Waals surface area (Å²) in [6.45, 7) is 1.69. The first-order valence-electron chi connectivity index (χ1n) is 10.7. The van der Waals surface area contributed by atoms with Gasteiger partial charge in [0.2, 0.25) is 5.91 Å². The Kier molecular flexibility index (Phi) is 5.51. The minimum absolute atomic E-state index is 0.0341. The van der Waals surface area contributed by atoms with Crippen LogP contribution in [0.25, 0.3) is 0 Å². The highest BCUT2D eigenvalue weighted by atomic mass is 35.5. The monoisotopic (exact) mass is 528 g/mol. The molecule has 35 heavy (non-hydrogen) atoms. The topological polar surface area (TPSA) is 101 Å². The van der Waals surface area contributed by atoms with Crippen LogP contribution in [0.2, 0.25) is 10.0 Å². The SMILES string of the molecule is Cc1cc(NC(=O)C2(S(=O)(=O)c3ccc(Cl)cc3)CC2)ccc1N1C(=O)c2ccc(Cl)cc2C1=O. The molecular formula is C25H18Cl2N2O5S. The molecule has 7 nitrogen and oxygen atoms in total. The highest BCUT2D eigenvalue weighted by Gasteiger charge is 2.61. The van der Waals surface area contributed by atoms with Crippen LogP contribution in [0.15, 0.2) is 65.6 Å². The van der Waals surface area contributed by atoms with Crippen LogP contribution in [0.4, 0.5) is 11.4 Å². The molecule has 3 amide bonds. The summed E-state index contributed by atoms with van der Waals surface area (Å²) in [5.74, 6) is -1.58. The fourth-order valence-corrected chi connectivity index (χ4v) is 6.41. The Balaban J connectivity index is 1.39. The van der Waals surface area contributed by atoms with Crippen molar-refractivity contribution in [3.63, 3.8) is 0 Å². The second-order valence-electron chi connectivity index (χ2n) is 8.54. The minimum Gasteiger partial charge on any atom is -0.325 e. The molecule has 10 heteroatoms. The van der Waals surface area contributed by atoms with Gasteiger partial charge in [-0.05, 0) is 86.0 Å². The fourth-order valence-electron chi connectivity index (χ4n) is 4.23. The number of benzene rings is 3. The number of aryl methyl sites for hydroxylation is 1. The number of hydrogen-bond acceptors (Lipinski definition) is 5. The van der Waals surface area contributed by atoms with E-state index in [-0.39, 0.29) is 28.9 Å². The quantitative estimate of drug-likeness (QED) is 0.467. The van der Waals surface area contributed by atoms with Gasteiger partial charge in [-0.2, -0.15) is 0 Å². The van der Waals surface area contributed by atoms with Crippen LogP contribution in [0.1, 0.15) is 39.1 Å². The van der Waals surface area contributed by atoms with Gasteiger partial charge in [0.25, 0.3) is 11.8 Å². The van der Waals surface area contributed by atoms with Crippen molar-refractivity contribution in [3.05, 3.63) is 87.4 Å². The fraction of sp³-hybridized carbons (Fsp3) is 0.160. The lowest BCUT2D eigenvalue weighted by Gasteiger charge is -2.19. The maximum atomic E-state index is 13.2. The molecule has 1 saturated carbocycles. The molecule has 1 aliphatic heterocycles. The zero-order valence-electron chi connectivity index (χ0n) is 18.3. The lowest BCUT2D eigenvalue weighted by Crippen LogP contribution is -2.37. The van der Waals surface area contributed by atoms with E-state index in [1.165, 1.54) is 42.5 Å². The van der Waals surface area contributed by atoms with Gasteiger partial charge in [-0.1, -0.05) is 23.2 Å². The van der Waals surface area contributed by atoms with Gasteiger partial charge in [0.05, 0.1) is 21.7 Å². The maximum Gasteiger partial charge on any atom is 0.266 e. The number of nitrogens with one attached hydrogen (secondary N) is 1. The predicted molar refractivity (Wildman–Crippen MR) is 133 cm³/mol. The first-order chi connectivity index (χ1) is 16.5. The van der Waals surface area contributed by atoms with Crippen molar-refractivity contribution in [1.82, 2.24) is 0 Å². The molecule has 0 radical (unpaired) electrons. The number of sulfone groups is 1. The normalized spacial score (nSPS) is 16.3. The zero-order valence-corrected chi connectivity index (χ0v) is 20.7.